The highest BCUT2D eigenvalue weighted by atomic mass is 35.5. The molecule has 5 rings (SSSR count). The van der Waals surface area contributed by atoms with Crippen LogP contribution < -0.4 is 10.6 Å². The number of nitrogens with one attached hydrogen (secondary N) is 2. The first-order chi connectivity index (χ1) is 14.9. The Morgan fingerprint density at radius 1 is 1.26 bits per heavy atom. The summed E-state index contributed by atoms with van der Waals surface area (Å²) < 4.78 is 8.48. The molecule has 2 saturated heterocycles. The second-order valence-electron chi connectivity index (χ2n) is 9.25. The first-order valence-electron chi connectivity index (χ1n) is 11.2. The number of anilines is 1. The minimum atomic E-state index is -0.544. The Labute approximate surface area is 188 Å². The summed E-state index contributed by atoms with van der Waals surface area (Å²) in [6, 6.07) is 5.40. The van der Waals surface area contributed by atoms with Crippen molar-refractivity contribution in [3.63, 3.8) is 0 Å². The van der Waals surface area contributed by atoms with Gasteiger partial charge >= 0.3 is 0 Å². The van der Waals surface area contributed by atoms with Gasteiger partial charge in [0, 0.05) is 54.6 Å². The smallest absolute Gasteiger partial charge is 0.255 e. The number of piperidine rings is 1. The number of fused-ring (bicyclic) bond motifs is 1. The van der Waals surface area contributed by atoms with Crippen molar-refractivity contribution in [1.82, 2.24) is 20.0 Å². The summed E-state index contributed by atoms with van der Waals surface area (Å²) in [6.45, 7) is 8.68. The van der Waals surface area contributed by atoms with Gasteiger partial charge in [-0.1, -0.05) is 18.5 Å². The van der Waals surface area contributed by atoms with Crippen molar-refractivity contribution in [2.75, 3.05) is 25.0 Å². The van der Waals surface area contributed by atoms with Gasteiger partial charge in [0.25, 0.3) is 5.91 Å². The van der Waals surface area contributed by atoms with E-state index < -0.39 is 5.66 Å². The zero-order valence-corrected chi connectivity index (χ0v) is 19.0. The highest BCUT2D eigenvalue weighted by Gasteiger charge is 2.53. The zero-order valence-electron chi connectivity index (χ0n) is 18.2. The van der Waals surface area contributed by atoms with Crippen molar-refractivity contribution in [3.05, 3.63) is 46.2 Å². The van der Waals surface area contributed by atoms with Gasteiger partial charge in [-0.05, 0) is 44.4 Å². The second-order valence-corrected chi connectivity index (χ2v) is 9.69. The maximum absolute atomic E-state index is 12.7. The largest absolute Gasteiger partial charge is 0.370 e. The molecule has 2 N–H and O–H groups in total. The van der Waals surface area contributed by atoms with Crippen LogP contribution in [0.4, 0.5) is 5.69 Å². The maximum atomic E-state index is 12.7. The number of rotatable bonds is 4. The number of amides is 1. The topological polar surface area (TPSA) is 71.4 Å². The molecular weight excluding hydrogens is 414 g/mol. The summed E-state index contributed by atoms with van der Waals surface area (Å²) in [6.07, 6.45) is 5.80. The number of aryl methyl sites for hydroxylation is 1. The molecular formula is C23H30ClN5O2. The standard InChI is InChI=1S/C23H30ClN5O2/c1-3-8-29-16(2)17(12-25-29)13-28-9-6-22(7-10-28)14-23(15-31-22)26-20-5-4-18(24)11-19(20)21(30)27-23/h4-5,11-12,26H,3,6-10,13-15H2,1-2H3,(H,27,30)/t23-/m0/s1. The van der Waals surface area contributed by atoms with Gasteiger partial charge in [-0.25, -0.2) is 0 Å². The highest BCUT2D eigenvalue weighted by Crippen LogP contribution is 2.43. The van der Waals surface area contributed by atoms with Crippen LogP contribution in [0.2, 0.25) is 5.02 Å². The summed E-state index contributed by atoms with van der Waals surface area (Å²) in [5, 5.41) is 11.8. The molecule has 3 aliphatic rings. The Bertz CT molecular complexity index is 998. The van der Waals surface area contributed by atoms with E-state index in [0.717, 1.165) is 57.5 Å². The Balaban J connectivity index is 1.23. The Morgan fingerprint density at radius 3 is 2.84 bits per heavy atom. The lowest BCUT2D eigenvalue weighted by molar-refractivity contribution is -0.0452. The van der Waals surface area contributed by atoms with E-state index in [1.807, 2.05) is 18.3 Å². The van der Waals surface area contributed by atoms with E-state index >= 15 is 0 Å². The van der Waals surface area contributed by atoms with E-state index in [1.54, 1.807) is 6.07 Å². The molecule has 2 spiro atoms. The van der Waals surface area contributed by atoms with E-state index in [2.05, 4.69) is 39.2 Å². The number of nitrogens with zero attached hydrogens (tertiary/aromatic N) is 3. The van der Waals surface area contributed by atoms with E-state index in [1.165, 1.54) is 11.3 Å². The van der Waals surface area contributed by atoms with E-state index in [0.29, 0.717) is 17.2 Å². The average Bonchev–Trinajstić information content (AvgIpc) is 3.26. The highest BCUT2D eigenvalue weighted by molar-refractivity contribution is 6.31. The third kappa shape index (κ3) is 3.83. The van der Waals surface area contributed by atoms with Crippen molar-refractivity contribution in [1.29, 1.82) is 0 Å². The molecule has 0 aliphatic carbocycles. The van der Waals surface area contributed by atoms with Gasteiger partial charge in [-0.3, -0.25) is 14.4 Å². The molecule has 1 atom stereocenters. The second kappa shape index (κ2) is 7.80. The number of aromatic nitrogens is 2. The Hall–Kier alpha value is -2.09. The van der Waals surface area contributed by atoms with Crippen molar-refractivity contribution >= 4 is 23.2 Å². The van der Waals surface area contributed by atoms with Gasteiger partial charge in [0.1, 0.15) is 5.66 Å². The molecule has 4 heterocycles. The van der Waals surface area contributed by atoms with E-state index in [9.17, 15) is 4.79 Å². The summed E-state index contributed by atoms with van der Waals surface area (Å²) in [4.78, 5) is 15.2. The van der Waals surface area contributed by atoms with Crippen LogP contribution >= 0.6 is 11.6 Å². The number of hydrogen-bond donors (Lipinski definition) is 2. The van der Waals surface area contributed by atoms with Crippen LogP contribution in [0.25, 0.3) is 0 Å². The van der Waals surface area contributed by atoms with Gasteiger partial charge in [0.2, 0.25) is 0 Å². The number of ether oxygens (including phenoxy) is 1. The number of benzene rings is 1. The van der Waals surface area contributed by atoms with Crippen molar-refractivity contribution in [2.45, 2.75) is 63.9 Å². The zero-order chi connectivity index (χ0) is 21.6. The maximum Gasteiger partial charge on any atom is 0.255 e. The molecule has 2 aromatic rings. The van der Waals surface area contributed by atoms with Gasteiger partial charge in [0.15, 0.2) is 0 Å². The molecule has 1 aromatic carbocycles. The van der Waals surface area contributed by atoms with Crippen LogP contribution in [-0.4, -0.2) is 51.5 Å². The molecule has 3 aliphatic heterocycles. The molecule has 1 amide bonds. The fraction of sp³-hybridized carbons (Fsp3) is 0.565. The lowest BCUT2D eigenvalue weighted by atomic mass is 9.84. The number of carbonyl (C=O) groups excluding carboxylic acids is 1. The predicted molar refractivity (Wildman–Crippen MR) is 120 cm³/mol. The number of hydrogen-bond acceptors (Lipinski definition) is 5. The number of halogens is 1. The Morgan fingerprint density at radius 2 is 2.06 bits per heavy atom. The average molecular weight is 444 g/mol. The van der Waals surface area contributed by atoms with Crippen LogP contribution in [-0.2, 0) is 17.8 Å². The van der Waals surface area contributed by atoms with Crippen molar-refractivity contribution in [2.24, 2.45) is 0 Å². The molecule has 0 unspecified atom stereocenters. The molecule has 8 heteroatoms. The van der Waals surface area contributed by atoms with Gasteiger partial charge in [0.05, 0.1) is 24.0 Å². The Kier molecular flexibility index (Phi) is 5.23. The molecule has 1 aromatic heterocycles. The SMILES string of the molecule is CCCn1ncc(CN2CCC3(CC2)C[C@@]2(CO3)NC(=O)c3cc(Cl)ccc3N2)c1C. The third-order valence-corrected chi connectivity index (χ3v) is 7.24. The lowest BCUT2D eigenvalue weighted by Crippen LogP contribution is -2.59. The van der Waals surface area contributed by atoms with Crippen molar-refractivity contribution in [3.8, 4) is 0 Å². The normalized spacial score (nSPS) is 24.9. The number of likely N-dealkylation sites (tertiary alicyclic amines) is 1. The molecule has 0 bridgehead atoms. The monoisotopic (exact) mass is 443 g/mol. The summed E-state index contributed by atoms with van der Waals surface area (Å²) >= 11 is 6.07. The minimum absolute atomic E-state index is 0.0890. The molecule has 7 nitrogen and oxygen atoms in total. The van der Waals surface area contributed by atoms with Crippen LogP contribution in [0.5, 0.6) is 0 Å². The van der Waals surface area contributed by atoms with Crippen LogP contribution in [0, 0.1) is 6.92 Å². The van der Waals surface area contributed by atoms with E-state index in [-0.39, 0.29) is 11.5 Å². The van der Waals surface area contributed by atoms with Crippen LogP contribution in [0.15, 0.2) is 24.4 Å². The third-order valence-electron chi connectivity index (χ3n) is 7.00. The molecule has 166 valence electrons. The van der Waals surface area contributed by atoms with Crippen molar-refractivity contribution < 1.29 is 9.53 Å². The molecule has 0 radical (unpaired) electrons. The van der Waals surface area contributed by atoms with Gasteiger partial charge < -0.3 is 15.4 Å². The van der Waals surface area contributed by atoms with E-state index in [4.69, 9.17) is 16.3 Å². The first kappa shape index (κ1) is 20.8. The quantitative estimate of drug-likeness (QED) is 0.756. The predicted octanol–water partition coefficient (Wildman–Crippen LogP) is 3.56. The van der Waals surface area contributed by atoms with Crippen LogP contribution in [0.1, 0.15) is 54.2 Å². The summed E-state index contributed by atoms with van der Waals surface area (Å²) in [5.74, 6) is -0.0890. The molecule has 31 heavy (non-hydrogen) atoms. The fourth-order valence-electron chi connectivity index (χ4n) is 5.23. The molecule has 2 fully saturated rings. The van der Waals surface area contributed by atoms with Crippen LogP contribution in [0.3, 0.4) is 0 Å². The van der Waals surface area contributed by atoms with Gasteiger partial charge in [-0.2, -0.15) is 5.10 Å². The summed E-state index contributed by atoms with van der Waals surface area (Å²) in [7, 11) is 0. The van der Waals surface area contributed by atoms with Gasteiger partial charge in [-0.15, -0.1) is 0 Å². The number of carbonyl (C=O) groups is 1. The molecule has 0 saturated carbocycles. The fourth-order valence-corrected chi connectivity index (χ4v) is 5.41. The summed E-state index contributed by atoms with van der Waals surface area (Å²) in [5.41, 5.74) is 3.26. The first-order valence-corrected chi connectivity index (χ1v) is 11.6. The lowest BCUT2D eigenvalue weighted by Gasteiger charge is -2.41. The minimum Gasteiger partial charge on any atom is -0.370 e.